The number of ether oxygens (including phenoxy) is 1. The van der Waals surface area contributed by atoms with Crippen LogP contribution in [0.15, 0.2) is 30.3 Å². The van der Waals surface area contributed by atoms with Crippen molar-refractivity contribution in [2.24, 2.45) is 5.73 Å². The molecule has 4 N–H and O–H groups in total. The van der Waals surface area contributed by atoms with E-state index in [0.29, 0.717) is 24.7 Å². The molecule has 6 nitrogen and oxygen atoms in total. The average molecular weight is 274 g/mol. The number of nitrogens with zero attached hydrogens (tertiary/aromatic N) is 2. The van der Waals surface area contributed by atoms with Gasteiger partial charge in [-0.2, -0.15) is 5.10 Å². The van der Waals surface area contributed by atoms with Crippen LogP contribution in [0.5, 0.6) is 0 Å². The molecule has 0 radical (unpaired) electrons. The zero-order valence-electron chi connectivity index (χ0n) is 11.4. The van der Waals surface area contributed by atoms with Crippen LogP contribution >= 0.6 is 0 Å². The van der Waals surface area contributed by atoms with Gasteiger partial charge in [0.2, 0.25) is 0 Å². The topological polar surface area (TPSA) is 96.2 Å². The molecule has 0 bridgehead atoms. The van der Waals surface area contributed by atoms with Crippen LogP contribution in [0.3, 0.4) is 0 Å². The van der Waals surface area contributed by atoms with E-state index in [1.165, 1.54) is 0 Å². The maximum Gasteiger partial charge on any atom is 0.254 e. The second-order valence-electron chi connectivity index (χ2n) is 4.37. The summed E-state index contributed by atoms with van der Waals surface area (Å²) in [4.78, 5) is 11.4. The number of nitrogens with two attached hydrogens (primary N) is 2. The number of anilines is 1. The molecule has 0 aliphatic carbocycles. The predicted molar refractivity (Wildman–Crippen MR) is 75.8 cm³/mol. The van der Waals surface area contributed by atoms with Crippen LogP contribution in [0.1, 0.15) is 28.5 Å². The van der Waals surface area contributed by atoms with Gasteiger partial charge >= 0.3 is 0 Å². The maximum absolute atomic E-state index is 11.4. The Morgan fingerprint density at radius 2 is 2.00 bits per heavy atom. The highest BCUT2D eigenvalue weighted by atomic mass is 16.5. The lowest BCUT2D eigenvalue weighted by atomic mass is 10.2. The van der Waals surface area contributed by atoms with Crippen LogP contribution in [-0.4, -0.2) is 15.7 Å². The first-order chi connectivity index (χ1) is 9.63. The number of carbonyl (C=O) groups excluding carboxylic acids is 1. The summed E-state index contributed by atoms with van der Waals surface area (Å²) in [6.45, 7) is 3.11. The fourth-order valence-electron chi connectivity index (χ4n) is 1.98. The molecular weight excluding hydrogens is 256 g/mol. The van der Waals surface area contributed by atoms with E-state index < -0.39 is 5.91 Å². The zero-order chi connectivity index (χ0) is 14.5. The number of rotatable bonds is 6. The Hall–Kier alpha value is -2.34. The Balaban J connectivity index is 2.07. The summed E-state index contributed by atoms with van der Waals surface area (Å²) in [6, 6.07) is 9.76. The molecule has 0 atom stereocenters. The molecule has 0 fully saturated rings. The van der Waals surface area contributed by atoms with Crippen molar-refractivity contribution in [3.05, 3.63) is 47.2 Å². The summed E-state index contributed by atoms with van der Waals surface area (Å²) in [5.74, 6) is -0.293. The van der Waals surface area contributed by atoms with Crippen molar-refractivity contribution in [3.8, 4) is 0 Å². The van der Waals surface area contributed by atoms with Gasteiger partial charge < -0.3 is 16.2 Å². The van der Waals surface area contributed by atoms with Crippen LogP contribution in [0.4, 0.5) is 5.82 Å². The molecule has 0 aliphatic rings. The van der Waals surface area contributed by atoms with E-state index in [1.807, 2.05) is 37.3 Å². The molecule has 0 spiro atoms. The number of amides is 1. The summed E-state index contributed by atoms with van der Waals surface area (Å²) in [5.41, 5.74) is 13.0. The summed E-state index contributed by atoms with van der Waals surface area (Å²) in [6.07, 6.45) is 0. The summed E-state index contributed by atoms with van der Waals surface area (Å²) < 4.78 is 7.11. The standard InChI is InChI=1S/C14H18N4O2/c1-2-18-13(15)12(14(16)19)11(17-18)9-20-8-10-6-4-3-5-7-10/h3-7H,2,8-9,15H2,1H3,(H2,16,19). The first-order valence-corrected chi connectivity index (χ1v) is 6.40. The van der Waals surface area contributed by atoms with Crippen molar-refractivity contribution in [2.45, 2.75) is 26.7 Å². The highest BCUT2D eigenvalue weighted by molar-refractivity contribution is 5.98. The third kappa shape index (κ3) is 2.97. The zero-order valence-corrected chi connectivity index (χ0v) is 11.4. The third-order valence-electron chi connectivity index (χ3n) is 2.96. The fourth-order valence-corrected chi connectivity index (χ4v) is 1.98. The number of hydrogen-bond acceptors (Lipinski definition) is 4. The molecule has 6 heteroatoms. The summed E-state index contributed by atoms with van der Waals surface area (Å²) in [5, 5.41) is 4.25. The van der Waals surface area contributed by atoms with E-state index >= 15 is 0 Å². The van der Waals surface area contributed by atoms with E-state index in [-0.39, 0.29) is 12.2 Å². The van der Waals surface area contributed by atoms with E-state index in [0.717, 1.165) is 5.56 Å². The molecule has 0 saturated carbocycles. The summed E-state index contributed by atoms with van der Waals surface area (Å²) in [7, 11) is 0. The average Bonchev–Trinajstić information content (AvgIpc) is 2.76. The molecule has 2 aromatic rings. The molecule has 1 heterocycles. The van der Waals surface area contributed by atoms with Gasteiger partial charge in [0, 0.05) is 6.54 Å². The van der Waals surface area contributed by atoms with Crippen LogP contribution in [0.2, 0.25) is 0 Å². The van der Waals surface area contributed by atoms with Crippen molar-refractivity contribution in [3.63, 3.8) is 0 Å². The number of nitrogen functional groups attached to an aromatic ring is 1. The number of hydrogen-bond donors (Lipinski definition) is 2. The van der Waals surface area contributed by atoms with Gasteiger partial charge in [-0.25, -0.2) is 4.68 Å². The largest absolute Gasteiger partial charge is 0.383 e. The minimum absolute atomic E-state index is 0.199. The lowest BCUT2D eigenvalue weighted by molar-refractivity contribution is 0.0959. The van der Waals surface area contributed by atoms with Gasteiger partial charge in [-0.3, -0.25) is 4.79 Å². The third-order valence-corrected chi connectivity index (χ3v) is 2.96. The molecule has 1 aromatic heterocycles. The first kappa shape index (κ1) is 14.1. The molecular formula is C14H18N4O2. The van der Waals surface area contributed by atoms with Crippen LogP contribution in [0, 0.1) is 0 Å². The monoisotopic (exact) mass is 274 g/mol. The molecule has 20 heavy (non-hydrogen) atoms. The quantitative estimate of drug-likeness (QED) is 0.829. The van der Waals surface area contributed by atoms with E-state index in [2.05, 4.69) is 5.10 Å². The van der Waals surface area contributed by atoms with Crippen molar-refractivity contribution in [1.82, 2.24) is 9.78 Å². The lowest BCUT2D eigenvalue weighted by Crippen LogP contribution is -2.15. The second-order valence-corrected chi connectivity index (χ2v) is 4.37. The first-order valence-electron chi connectivity index (χ1n) is 6.40. The smallest absolute Gasteiger partial charge is 0.254 e. The molecule has 0 aliphatic heterocycles. The van der Waals surface area contributed by atoms with Gasteiger partial charge in [-0.15, -0.1) is 0 Å². The molecule has 0 unspecified atom stereocenters. The van der Waals surface area contributed by atoms with E-state index in [4.69, 9.17) is 16.2 Å². The molecule has 1 aromatic carbocycles. The minimum Gasteiger partial charge on any atom is -0.383 e. The van der Waals surface area contributed by atoms with Gasteiger partial charge in [-0.05, 0) is 12.5 Å². The number of aromatic nitrogens is 2. The number of aryl methyl sites for hydroxylation is 1. The number of primary amides is 1. The van der Waals surface area contributed by atoms with Gasteiger partial charge in [0.1, 0.15) is 17.1 Å². The van der Waals surface area contributed by atoms with Crippen molar-refractivity contribution < 1.29 is 9.53 Å². The minimum atomic E-state index is -0.583. The van der Waals surface area contributed by atoms with Crippen molar-refractivity contribution in [1.29, 1.82) is 0 Å². The highest BCUT2D eigenvalue weighted by Gasteiger charge is 2.19. The van der Waals surface area contributed by atoms with Crippen molar-refractivity contribution >= 4 is 11.7 Å². The van der Waals surface area contributed by atoms with Crippen LogP contribution in [0.25, 0.3) is 0 Å². The number of carbonyl (C=O) groups is 1. The highest BCUT2D eigenvalue weighted by Crippen LogP contribution is 2.17. The summed E-state index contributed by atoms with van der Waals surface area (Å²) >= 11 is 0. The Bertz CT molecular complexity index is 593. The second kappa shape index (κ2) is 6.21. The Kier molecular flexibility index (Phi) is 4.37. The molecule has 106 valence electrons. The van der Waals surface area contributed by atoms with E-state index in [9.17, 15) is 4.79 Å². The molecule has 1 amide bonds. The van der Waals surface area contributed by atoms with Gasteiger partial charge in [0.15, 0.2) is 0 Å². The lowest BCUT2D eigenvalue weighted by Gasteiger charge is -2.03. The van der Waals surface area contributed by atoms with Gasteiger partial charge in [-0.1, -0.05) is 30.3 Å². The Morgan fingerprint density at radius 3 is 2.60 bits per heavy atom. The SMILES string of the molecule is CCn1nc(COCc2ccccc2)c(C(N)=O)c1N. The molecule has 2 rings (SSSR count). The molecule has 0 saturated heterocycles. The van der Waals surface area contributed by atoms with E-state index in [1.54, 1.807) is 4.68 Å². The number of benzene rings is 1. The fraction of sp³-hybridized carbons (Fsp3) is 0.286. The van der Waals surface area contributed by atoms with Gasteiger partial charge in [0.25, 0.3) is 5.91 Å². The maximum atomic E-state index is 11.4. The van der Waals surface area contributed by atoms with Gasteiger partial charge in [0.05, 0.1) is 13.2 Å². The Morgan fingerprint density at radius 1 is 1.30 bits per heavy atom. The van der Waals surface area contributed by atoms with Crippen LogP contribution < -0.4 is 11.5 Å². The predicted octanol–water partition coefficient (Wildman–Crippen LogP) is 1.30. The van der Waals surface area contributed by atoms with Crippen molar-refractivity contribution in [2.75, 3.05) is 5.73 Å². The Labute approximate surface area is 117 Å². The normalized spacial score (nSPS) is 10.7. The van der Waals surface area contributed by atoms with Crippen LogP contribution in [-0.2, 0) is 24.5 Å².